The number of imidazole rings is 1. The number of nitrogens with zero attached hydrogens (tertiary/aromatic N) is 3. The molecule has 0 bridgehead atoms. The Morgan fingerprint density at radius 1 is 1.37 bits per heavy atom. The van der Waals surface area contributed by atoms with Crippen molar-refractivity contribution < 1.29 is 4.79 Å². The van der Waals surface area contributed by atoms with Crippen LogP contribution in [0.4, 0.5) is 5.69 Å². The van der Waals surface area contributed by atoms with Crippen molar-refractivity contribution in [2.24, 2.45) is 16.6 Å². The van der Waals surface area contributed by atoms with Crippen LogP contribution < -0.4 is 16.8 Å². The summed E-state index contributed by atoms with van der Waals surface area (Å²) in [6, 6.07) is 8.08. The van der Waals surface area contributed by atoms with Crippen molar-refractivity contribution in [3.8, 4) is 11.3 Å². The second-order valence-corrected chi connectivity index (χ2v) is 8.44. The molecule has 1 amide bonds. The number of carbonyl (C=O) groups is 1. The fourth-order valence-electron chi connectivity index (χ4n) is 3.46. The van der Waals surface area contributed by atoms with Gasteiger partial charge in [0, 0.05) is 42.0 Å². The number of anilines is 1. The molecule has 1 unspecified atom stereocenters. The molecule has 1 aliphatic heterocycles. The monoisotopic (exact) mass is 404 g/mol. The van der Waals surface area contributed by atoms with E-state index in [0.717, 1.165) is 41.2 Å². The SMILES string of the molecule is CC(C)(N=CC(=CN)C1C=Cn2c(-c3cccc(N)c3)cnc2C1)C(=O)NC1CC1. The van der Waals surface area contributed by atoms with Crippen molar-refractivity contribution in [1.82, 2.24) is 14.9 Å². The number of allylic oxidation sites excluding steroid dienone is 2. The first-order chi connectivity index (χ1) is 14.4. The van der Waals surface area contributed by atoms with E-state index in [4.69, 9.17) is 11.5 Å². The quantitative estimate of drug-likeness (QED) is 0.508. The average Bonchev–Trinajstić information content (AvgIpc) is 3.44. The number of nitrogen functional groups attached to an aromatic ring is 1. The molecule has 0 spiro atoms. The number of carbonyl (C=O) groups excluding carboxylic acids is 1. The Balaban J connectivity index is 1.50. The van der Waals surface area contributed by atoms with Crippen LogP contribution in [-0.4, -0.2) is 33.3 Å². The summed E-state index contributed by atoms with van der Waals surface area (Å²) < 4.78 is 2.07. The summed E-state index contributed by atoms with van der Waals surface area (Å²) in [6.07, 6.45) is 12.0. The van der Waals surface area contributed by atoms with Crippen LogP contribution >= 0.6 is 0 Å². The van der Waals surface area contributed by atoms with Crippen molar-refractivity contribution in [2.75, 3.05) is 5.73 Å². The lowest BCUT2D eigenvalue weighted by atomic mass is 9.94. The summed E-state index contributed by atoms with van der Waals surface area (Å²) in [5, 5.41) is 3.01. The maximum absolute atomic E-state index is 12.4. The highest BCUT2D eigenvalue weighted by Gasteiger charge is 2.32. The smallest absolute Gasteiger partial charge is 0.247 e. The molecular formula is C23H28N6O. The number of aliphatic imine (C=N–C) groups is 1. The van der Waals surface area contributed by atoms with Crippen molar-refractivity contribution in [3.05, 3.63) is 54.1 Å². The number of hydrogen-bond acceptors (Lipinski definition) is 5. The van der Waals surface area contributed by atoms with E-state index in [0.29, 0.717) is 12.5 Å². The molecule has 4 rings (SSSR count). The third kappa shape index (κ3) is 4.15. The zero-order valence-electron chi connectivity index (χ0n) is 17.4. The number of amides is 1. The highest BCUT2D eigenvalue weighted by atomic mass is 16.2. The Morgan fingerprint density at radius 2 is 2.17 bits per heavy atom. The molecule has 156 valence electrons. The van der Waals surface area contributed by atoms with Gasteiger partial charge in [-0.15, -0.1) is 0 Å². The summed E-state index contributed by atoms with van der Waals surface area (Å²) in [6.45, 7) is 3.63. The fraction of sp³-hybridized carbons (Fsp3) is 0.348. The van der Waals surface area contributed by atoms with E-state index >= 15 is 0 Å². The zero-order valence-corrected chi connectivity index (χ0v) is 17.4. The van der Waals surface area contributed by atoms with Gasteiger partial charge in [-0.1, -0.05) is 18.2 Å². The van der Waals surface area contributed by atoms with Gasteiger partial charge in [-0.2, -0.15) is 0 Å². The molecule has 2 heterocycles. The van der Waals surface area contributed by atoms with Crippen LogP contribution in [-0.2, 0) is 11.2 Å². The Hall–Kier alpha value is -3.35. The average molecular weight is 405 g/mol. The van der Waals surface area contributed by atoms with Gasteiger partial charge < -0.3 is 21.4 Å². The number of aromatic nitrogens is 2. The van der Waals surface area contributed by atoms with Crippen LogP contribution in [0.5, 0.6) is 0 Å². The molecule has 0 saturated heterocycles. The number of hydrogen-bond donors (Lipinski definition) is 3. The van der Waals surface area contributed by atoms with Gasteiger partial charge in [-0.3, -0.25) is 9.79 Å². The molecule has 2 aliphatic rings. The lowest BCUT2D eigenvalue weighted by molar-refractivity contribution is -0.125. The van der Waals surface area contributed by atoms with Gasteiger partial charge in [0.15, 0.2) is 0 Å². The van der Waals surface area contributed by atoms with Gasteiger partial charge in [-0.25, -0.2) is 4.98 Å². The molecular weight excluding hydrogens is 376 g/mol. The van der Waals surface area contributed by atoms with Crippen molar-refractivity contribution in [3.63, 3.8) is 0 Å². The molecule has 1 aliphatic carbocycles. The Labute approximate surface area is 176 Å². The third-order valence-electron chi connectivity index (χ3n) is 5.55. The molecule has 2 aromatic rings. The van der Waals surface area contributed by atoms with E-state index in [1.807, 2.05) is 50.5 Å². The zero-order chi connectivity index (χ0) is 21.3. The summed E-state index contributed by atoms with van der Waals surface area (Å²) in [5.41, 5.74) is 14.6. The number of fused-ring (bicyclic) bond motifs is 1. The molecule has 30 heavy (non-hydrogen) atoms. The summed E-state index contributed by atoms with van der Waals surface area (Å²) in [4.78, 5) is 21.5. The van der Waals surface area contributed by atoms with Gasteiger partial charge in [0.25, 0.3) is 0 Å². The highest BCUT2D eigenvalue weighted by Crippen LogP contribution is 2.29. The molecule has 5 N–H and O–H groups in total. The lowest BCUT2D eigenvalue weighted by Crippen LogP contribution is -2.42. The van der Waals surface area contributed by atoms with Crippen LogP contribution in [0.2, 0.25) is 0 Å². The van der Waals surface area contributed by atoms with E-state index in [9.17, 15) is 4.79 Å². The molecule has 7 heteroatoms. The lowest BCUT2D eigenvalue weighted by Gasteiger charge is -2.22. The normalized spacial score (nSPS) is 19.1. The van der Waals surface area contributed by atoms with Crippen LogP contribution in [0.25, 0.3) is 17.5 Å². The number of nitrogens with two attached hydrogens (primary N) is 2. The second-order valence-electron chi connectivity index (χ2n) is 8.44. The van der Waals surface area contributed by atoms with Crippen molar-refractivity contribution in [1.29, 1.82) is 0 Å². The van der Waals surface area contributed by atoms with E-state index in [2.05, 4.69) is 25.9 Å². The van der Waals surface area contributed by atoms with Gasteiger partial charge in [-0.05, 0) is 50.6 Å². The molecule has 1 fully saturated rings. The Morgan fingerprint density at radius 3 is 2.87 bits per heavy atom. The van der Waals surface area contributed by atoms with Crippen LogP contribution in [0.1, 0.15) is 32.5 Å². The topological polar surface area (TPSA) is 111 Å². The van der Waals surface area contributed by atoms with E-state index < -0.39 is 5.54 Å². The van der Waals surface area contributed by atoms with Crippen LogP contribution in [0.3, 0.4) is 0 Å². The summed E-state index contributed by atoms with van der Waals surface area (Å²) in [5.74, 6) is 0.933. The predicted octanol–water partition coefficient (Wildman–Crippen LogP) is 2.75. The predicted molar refractivity (Wildman–Crippen MR) is 121 cm³/mol. The third-order valence-corrected chi connectivity index (χ3v) is 5.55. The number of benzene rings is 1. The second kappa shape index (κ2) is 7.82. The molecule has 0 radical (unpaired) electrons. The maximum atomic E-state index is 12.4. The standard InChI is InChI=1S/C23H28N6O/c1-23(2,22(30)28-19-6-7-19)27-13-17(12-24)15-8-9-29-20(14-26-21(29)11-15)16-4-3-5-18(25)10-16/h3-5,8-10,12-15,19H,6-7,11,24-25H2,1-2H3,(H,28,30). The largest absolute Gasteiger partial charge is 0.404 e. The molecule has 7 nitrogen and oxygen atoms in total. The minimum Gasteiger partial charge on any atom is -0.404 e. The minimum absolute atomic E-state index is 0.0460. The minimum atomic E-state index is -0.839. The Kier molecular flexibility index (Phi) is 5.20. The van der Waals surface area contributed by atoms with Crippen LogP contribution in [0.15, 0.2) is 53.3 Å². The van der Waals surface area contributed by atoms with Crippen molar-refractivity contribution in [2.45, 2.75) is 44.7 Å². The van der Waals surface area contributed by atoms with E-state index in [1.165, 1.54) is 0 Å². The molecule has 1 atom stereocenters. The van der Waals surface area contributed by atoms with Gasteiger partial charge in [0.2, 0.25) is 5.91 Å². The first-order valence-corrected chi connectivity index (χ1v) is 10.3. The maximum Gasteiger partial charge on any atom is 0.247 e. The van der Waals surface area contributed by atoms with Crippen molar-refractivity contribution >= 4 is 24.0 Å². The highest BCUT2D eigenvalue weighted by molar-refractivity contribution is 5.90. The molecule has 1 aromatic heterocycles. The number of nitrogens with one attached hydrogen (secondary N) is 1. The summed E-state index contributed by atoms with van der Waals surface area (Å²) in [7, 11) is 0. The van der Waals surface area contributed by atoms with Gasteiger partial charge in [0.05, 0.1) is 11.9 Å². The van der Waals surface area contributed by atoms with Crippen LogP contribution in [0, 0.1) is 5.92 Å². The first-order valence-electron chi connectivity index (χ1n) is 10.3. The Bertz CT molecular complexity index is 1040. The fourth-order valence-corrected chi connectivity index (χ4v) is 3.46. The molecule has 1 aromatic carbocycles. The van der Waals surface area contributed by atoms with E-state index in [1.54, 1.807) is 12.4 Å². The van der Waals surface area contributed by atoms with Gasteiger partial charge >= 0.3 is 0 Å². The molecule has 1 saturated carbocycles. The van der Waals surface area contributed by atoms with Gasteiger partial charge in [0.1, 0.15) is 11.4 Å². The first kappa shape index (κ1) is 19.9. The number of rotatable bonds is 6. The van der Waals surface area contributed by atoms with E-state index in [-0.39, 0.29) is 11.8 Å². The summed E-state index contributed by atoms with van der Waals surface area (Å²) >= 11 is 0.